The monoisotopic (exact) mass is 461 g/mol. The maximum absolute atomic E-state index is 13.4. The molecule has 0 saturated carbocycles. The second-order valence-corrected chi connectivity index (χ2v) is 7.70. The smallest absolute Gasteiger partial charge is 0.313 e. The Morgan fingerprint density at radius 1 is 1.13 bits per heavy atom. The number of aromatic nitrogens is 3. The SMILES string of the molecule is O=C(NCCc1csc2nc(-c3cccc(F)c3)nn12)C(=O)Nc1ccc(F)c(Cl)c1. The summed E-state index contributed by atoms with van der Waals surface area (Å²) in [6.07, 6.45) is 0.396. The number of amides is 2. The number of benzene rings is 2. The van der Waals surface area contributed by atoms with Crippen LogP contribution in [0.4, 0.5) is 14.5 Å². The van der Waals surface area contributed by atoms with Crippen molar-refractivity contribution in [3.8, 4) is 11.4 Å². The largest absolute Gasteiger partial charge is 0.347 e. The van der Waals surface area contributed by atoms with Crippen molar-refractivity contribution < 1.29 is 18.4 Å². The molecular formula is C20H14ClF2N5O2S. The number of thiazole rings is 1. The van der Waals surface area contributed by atoms with E-state index in [-0.39, 0.29) is 23.1 Å². The molecule has 0 atom stereocenters. The molecule has 0 aliphatic rings. The third-order valence-electron chi connectivity index (χ3n) is 4.28. The zero-order valence-electron chi connectivity index (χ0n) is 15.7. The lowest BCUT2D eigenvalue weighted by Crippen LogP contribution is -2.36. The third kappa shape index (κ3) is 4.70. The minimum atomic E-state index is -0.896. The summed E-state index contributed by atoms with van der Waals surface area (Å²) < 4.78 is 28.2. The van der Waals surface area contributed by atoms with Crippen LogP contribution in [0.2, 0.25) is 5.02 Å². The highest BCUT2D eigenvalue weighted by Gasteiger charge is 2.16. The van der Waals surface area contributed by atoms with Gasteiger partial charge in [-0.25, -0.2) is 13.3 Å². The van der Waals surface area contributed by atoms with Gasteiger partial charge in [-0.15, -0.1) is 16.4 Å². The molecule has 2 N–H and O–H groups in total. The van der Waals surface area contributed by atoms with Gasteiger partial charge in [-0.2, -0.15) is 4.98 Å². The molecule has 2 heterocycles. The Morgan fingerprint density at radius 2 is 1.97 bits per heavy atom. The fraction of sp³-hybridized carbons (Fsp3) is 0.100. The van der Waals surface area contributed by atoms with Gasteiger partial charge in [0.25, 0.3) is 0 Å². The predicted octanol–water partition coefficient (Wildman–Crippen LogP) is 3.69. The fourth-order valence-electron chi connectivity index (χ4n) is 2.79. The number of anilines is 1. The van der Waals surface area contributed by atoms with E-state index in [4.69, 9.17) is 11.6 Å². The highest BCUT2D eigenvalue weighted by atomic mass is 35.5. The molecule has 4 aromatic rings. The van der Waals surface area contributed by atoms with Crippen LogP contribution >= 0.6 is 22.9 Å². The van der Waals surface area contributed by atoms with Crippen molar-refractivity contribution in [3.05, 3.63) is 70.2 Å². The van der Waals surface area contributed by atoms with E-state index in [9.17, 15) is 18.4 Å². The van der Waals surface area contributed by atoms with Crippen LogP contribution in [0.1, 0.15) is 5.69 Å². The molecule has 0 spiro atoms. The van der Waals surface area contributed by atoms with Gasteiger partial charge in [0.1, 0.15) is 11.6 Å². The summed E-state index contributed by atoms with van der Waals surface area (Å²) in [5.41, 5.74) is 1.55. The summed E-state index contributed by atoms with van der Waals surface area (Å²) in [4.78, 5) is 29.0. The van der Waals surface area contributed by atoms with Gasteiger partial charge >= 0.3 is 11.8 Å². The topological polar surface area (TPSA) is 88.4 Å². The molecule has 2 amide bonds. The number of fused-ring (bicyclic) bond motifs is 1. The number of halogens is 3. The Balaban J connectivity index is 1.36. The van der Waals surface area contributed by atoms with Crippen molar-refractivity contribution >= 4 is 45.4 Å². The minimum absolute atomic E-state index is 0.162. The van der Waals surface area contributed by atoms with Gasteiger partial charge in [0.15, 0.2) is 5.82 Å². The summed E-state index contributed by atoms with van der Waals surface area (Å²) in [7, 11) is 0. The second kappa shape index (κ2) is 8.78. The van der Waals surface area contributed by atoms with E-state index in [0.29, 0.717) is 22.8 Å². The van der Waals surface area contributed by atoms with Crippen molar-refractivity contribution in [1.82, 2.24) is 19.9 Å². The number of nitrogens with zero attached hydrogens (tertiary/aromatic N) is 3. The molecule has 7 nitrogen and oxygen atoms in total. The lowest BCUT2D eigenvalue weighted by Gasteiger charge is -2.07. The van der Waals surface area contributed by atoms with Gasteiger partial charge in [-0.1, -0.05) is 23.7 Å². The summed E-state index contributed by atoms with van der Waals surface area (Å²) >= 11 is 7.02. The molecule has 0 saturated heterocycles. The Labute approximate surface area is 183 Å². The maximum atomic E-state index is 13.4. The Morgan fingerprint density at radius 3 is 2.74 bits per heavy atom. The molecule has 0 aliphatic heterocycles. The van der Waals surface area contributed by atoms with Gasteiger partial charge in [0.2, 0.25) is 4.96 Å². The first-order chi connectivity index (χ1) is 14.9. The van der Waals surface area contributed by atoms with Crippen molar-refractivity contribution in [3.63, 3.8) is 0 Å². The summed E-state index contributed by atoms with van der Waals surface area (Å²) in [5, 5.41) is 10.9. The Kier molecular flexibility index (Phi) is 5.92. The van der Waals surface area contributed by atoms with Crippen LogP contribution in [0, 0.1) is 11.6 Å². The van der Waals surface area contributed by atoms with Crippen LogP contribution in [0.15, 0.2) is 47.8 Å². The number of hydrogen-bond donors (Lipinski definition) is 2. The molecule has 2 aromatic carbocycles. The molecule has 11 heteroatoms. The standard InChI is InChI=1S/C20H14ClF2N5O2S/c21-15-9-13(4-5-16(15)23)25-19(30)18(29)24-7-6-14-10-31-20-26-17(27-28(14)20)11-2-1-3-12(22)8-11/h1-5,8-10H,6-7H2,(H,24,29)(H,25,30). The molecule has 31 heavy (non-hydrogen) atoms. The minimum Gasteiger partial charge on any atom is -0.347 e. The molecule has 0 unspecified atom stereocenters. The van der Waals surface area contributed by atoms with E-state index in [2.05, 4.69) is 20.7 Å². The number of carbonyl (C=O) groups is 2. The van der Waals surface area contributed by atoms with E-state index in [1.807, 2.05) is 5.38 Å². The molecule has 0 fully saturated rings. The van der Waals surface area contributed by atoms with Crippen molar-refractivity contribution in [2.45, 2.75) is 6.42 Å². The molecule has 2 aromatic heterocycles. The lowest BCUT2D eigenvalue weighted by molar-refractivity contribution is -0.136. The van der Waals surface area contributed by atoms with E-state index < -0.39 is 17.6 Å². The zero-order valence-corrected chi connectivity index (χ0v) is 17.3. The molecule has 0 bridgehead atoms. The third-order valence-corrected chi connectivity index (χ3v) is 5.44. The molecule has 0 radical (unpaired) electrons. The number of hydrogen-bond acceptors (Lipinski definition) is 5. The van der Waals surface area contributed by atoms with Gasteiger partial charge in [0.05, 0.1) is 10.7 Å². The van der Waals surface area contributed by atoms with Crippen molar-refractivity contribution in [1.29, 1.82) is 0 Å². The second-order valence-electron chi connectivity index (χ2n) is 6.46. The van der Waals surface area contributed by atoms with E-state index in [1.54, 1.807) is 16.6 Å². The van der Waals surface area contributed by atoms with Crippen LogP contribution in [-0.2, 0) is 16.0 Å². The Hall–Kier alpha value is -3.37. The van der Waals surface area contributed by atoms with E-state index in [0.717, 1.165) is 11.8 Å². The summed E-state index contributed by atoms with van der Waals surface area (Å²) in [6.45, 7) is 0.178. The Bertz CT molecular complexity index is 1290. The highest BCUT2D eigenvalue weighted by molar-refractivity contribution is 7.15. The van der Waals surface area contributed by atoms with Crippen molar-refractivity contribution in [2.24, 2.45) is 0 Å². The first-order valence-electron chi connectivity index (χ1n) is 9.04. The molecule has 158 valence electrons. The lowest BCUT2D eigenvalue weighted by atomic mass is 10.2. The van der Waals surface area contributed by atoms with Crippen LogP contribution in [-0.4, -0.2) is 33.0 Å². The molecular weight excluding hydrogens is 448 g/mol. The molecule has 0 aliphatic carbocycles. The quantitative estimate of drug-likeness (QED) is 0.444. The fourth-order valence-corrected chi connectivity index (χ4v) is 3.83. The van der Waals surface area contributed by atoms with E-state index >= 15 is 0 Å². The molecule has 4 rings (SSSR count). The van der Waals surface area contributed by atoms with Gasteiger partial charge in [0, 0.05) is 29.6 Å². The van der Waals surface area contributed by atoms with Gasteiger partial charge < -0.3 is 10.6 Å². The first-order valence-corrected chi connectivity index (χ1v) is 10.3. The maximum Gasteiger partial charge on any atom is 0.313 e. The highest BCUT2D eigenvalue weighted by Crippen LogP contribution is 2.22. The first kappa shape index (κ1) is 20.9. The number of rotatable bonds is 5. The summed E-state index contributed by atoms with van der Waals surface area (Å²) in [6, 6.07) is 9.61. The predicted molar refractivity (Wildman–Crippen MR) is 113 cm³/mol. The average molecular weight is 462 g/mol. The zero-order chi connectivity index (χ0) is 22.0. The van der Waals surface area contributed by atoms with E-state index in [1.165, 1.54) is 35.6 Å². The normalized spacial score (nSPS) is 10.9. The summed E-state index contributed by atoms with van der Waals surface area (Å²) in [5.74, 6) is -2.34. The van der Waals surface area contributed by atoms with Crippen LogP contribution in [0.5, 0.6) is 0 Å². The van der Waals surface area contributed by atoms with Crippen LogP contribution in [0.25, 0.3) is 16.3 Å². The van der Waals surface area contributed by atoms with Gasteiger partial charge in [-0.3, -0.25) is 9.59 Å². The van der Waals surface area contributed by atoms with Gasteiger partial charge in [-0.05, 0) is 30.3 Å². The van der Waals surface area contributed by atoms with Crippen molar-refractivity contribution in [2.75, 3.05) is 11.9 Å². The number of carbonyl (C=O) groups excluding carboxylic acids is 2. The average Bonchev–Trinajstić information content (AvgIpc) is 3.32. The van der Waals surface area contributed by atoms with Crippen LogP contribution < -0.4 is 10.6 Å². The van der Waals surface area contributed by atoms with Crippen LogP contribution in [0.3, 0.4) is 0 Å². The number of nitrogens with one attached hydrogen (secondary N) is 2.